The van der Waals surface area contributed by atoms with Gasteiger partial charge in [-0.2, -0.15) is 0 Å². The second-order valence-corrected chi connectivity index (χ2v) is 7.94. The average Bonchev–Trinajstić information content (AvgIpc) is 2.79. The predicted octanol–water partition coefficient (Wildman–Crippen LogP) is 4.97. The molecule has 1 atom stereocenters. The standard InChI is InChI=1S/C26H30N2O5.2ClH/c1-17(2)33-25-15-20(7-12-23(25)26(30)31)18-5-10-22(11-6-18)32-14-13-28-16-24(29)19-3-8-21(27)9-4-19;;/h3-12,15,17,24,28-29H,13-14,16,27H2,1-2H3,(H,30,31);2*1H/t24-;;/m1../s1. The maximum atomic E-state index is 11.4. The Labute approximate surface area is 218 Å². The van der Waals surface area contributed by atoms with Gasteiger partial charge in [-0.15, -0.1) is 24.8 Å². The molecule has 35 heavy (non-hydrogen) atoms. The molecule has 0 bridgehead atoms. The summed E-state index contributed by atoms with van der Waals surface area (Å²) < 4.78 is 11.4. The molecule has 0 amide bonds. The highest BCUT2D eigenvalue weighted by molar-refractivity contribution is 5.92. The van der Waals surface area contributed by atoms with Crippen molar-refractivity contribution in [3.05, 3.63) is 77.9 Å². The van der Waals surface area contributed by atoms with Gasteiger partial charge in [0, 0.05) is 18.8 Å². The van der Waals surface area contributed by atoms with Crippen molar-refractivity contribution in [1.82, 2.24) is 5.32 Å². The predicted molar refractivity (Wildman–Crippen MR) is 143 cm³/mol. The Balaban J connectivity index is 0.00000306. The van der Waals surface area contributed by atoms with Crippen LogP contribution in [0.1, 0.15) is 35.9 Å². The van der Waals surface area contributed by atoms with Crippen molar-refractivity contribution < 1.29 is 24.5 Å². The SMILES string of the molecule is CC(C)Oc1cc(-c2ccc(OCCNC[C@@H](O)c3ccc(N)cc3)cc2)ccc1C(=O)O.Cl.Cl. The van der Waals surface area contributed by atoms with Gasteiger partial charge in [-0.1, -0.05) is 30.3 Å². The lowest BCUT2D eigenvalue weighted by Crippen LogP contribution is -2.26. The summed E-state index contributed by atoms with van der Waals surface area (Å²) in [7, 11) is 0. The molecule has 0 spiro atoms. The molecule has 0 aromatic heterocycles. The molecule has 0 aliphatic rings. The number of aliphatic hydroxyl groups is 1. The second kappa shape index (κ2) is 14.4. The number of ether oxygens (including phenoxy) is 2. The van der Waals surface area contributed by atoms with Crippen molar-refractivity contribution in [2.24, 2.45) is 0 Å². The molecule has 0 aliphatic heterocycles. The third-order valence-corrected chi connectivity index (χ3v) is 4.97. The Morgan fingerprint density at radius 2 is 1.60 bits per heavy atom. The van der Waals surface area contributed by atoms with Gasteiger partial charge in [0.1, 0.15) is 23.7 Å². The van der Waals surface area contributed by atoms with Gasteiger partial charge in [-0.05, 0) is 66.9 Å². The van der Waals surface area contributed by atoms with E-state index in [4.69, 9.17) is 15.2 Å². The molecule has 0 fully saturated rings. The van der Waals surface area contributed by atoms with Crippen LogP contribution in [0.15, 0.2) is 66.7 Å². The van der Waals surface area contributed by atoms with E-state index < -0.39 is 12.1 Å². The van der Waals surface area contributed by atoms with Gasteiger partial charge in [0.2, 0.25) is 0 Å². The normalized spacial score (nSPS) is 11.2. The number of nitrogens with two attached hydrogens (primary N) is 1. The van der Waals surface area contributed by atoms with E-state index >= 15 is 0 Å². The van der Waals surface area contributed by atoms with Gasteiger partial charge < -0.3 is 30.7 Å². The van der Waals surface area contributed by atoms with Crippen molar-refractivity contribution in [2.75, 3.05) is 25.4 Å². The molecule has 0 radical (unpaired) electrons. The molecule has 0 heterocycles. The van der Waals surface area contributed by atoms with Crippen molar-refractivity contribution >= 4 is 36.5 Å². The number of aromatic carboxylic acids is 1. The second-order valence-electron chi connectivity index (χ2n) is 7.94. The van der Waals surface area contributed by atoms with E-state index in [1.54, 1.807) is 30.3 Å². The molecule has 0 saturated carbocycles. The van der Waals surface area contributed by atoms with Gasteiger partial charge in [0.05, 0.1) is 12.2 Å². The van der Waals surface area contributed by atoms with E-state index in [9.17, 15) is 15.0 Å². The minimum atomic E-state index is -1.02. The van der Waals surface area contributed by atoms with Crippen LogP contribution in [0.5, 0.6) is 11.5 Å². The lowest BCUT2D eigenvalue weighted by Gasteiger charge is -2.14. The fraction of sp³-hybridized carbons (Fsp3) is 0.269. The van der Waals surface area contributed by atoms with Crippen LogP contribution < -0.4 is 20.5 Å². The van der Waals surface area contributed by atoms with E-state index in [1.807, 2.05) is 50.2 Å². The first-order valence-electron chi connectivity index (χ1n) is 10.8. The maximum Gasteiger partial charge on any atom is 0.339 e. The largest absolute Gasteiger partial charge is 0.492 e. The van der Waals surface area contributed by atoms with Crippen LogP contribution in [0.4, 0.5) is 5.69 Å². The first-order valence-corrected chi connectivity index (χ1v) is 10.8. The topological polar surface area (TPSA) is 114 Å². The van der Waals surface area contributed by atoms with Crippen molar-refractivity contribution in [2.45, 2.75) is 26.1 Å². The summed E-state index contributed by atoms with van der Waals surface area (Å²) in [6, 6.07) is 19.8. The van der Waals surface area contributed by atoms with E-state index in [1.165, 1.54) is 0 Å². The van der Waals surface area contributed by atoms with Crippen LogP contribution in [0.3, 0.4) is 0 Å². The van der Waals surface area contributed by atoms with Gasteiger partial charge in [0.15, 0.2) is 0 Å². The summed E-state index contributed by atoms with van der Waals surface area (Å²) in [6.45, 7) is 5.17. The Morgan fingerprint density at radius 1 is 0.971 bits per heavy atom. The number of anilines is 1. The number of carbonyl (C=O) groups is 1. The van der Waals surface area contributed by atoms with Crippen LogP contribution in [0, 0.1) is 0 Å². The Hall–Kier alpha value is -2.97. The summed E-state index contributed by atoms with van der Waals surface area (Å²) in [4.78, 5) is 11.4. The third-order valence-electron chi connectivity index (χ3n) is 4.97. The lowest BCUT2D eigenvalue weighted by molar-refractivity contribution is 0.0690. The smallest absolute Gasteiger partial charge is 0.339 e. The molecule has 3 aromatic rings. The van der Waals surface area contributed by atoms with Gasteiger partial charge in [-0.25, -0.2) is 4.79 Å². The highest BCUT2D eigenvalue weighted by Gasteiger charge is 2.14. The molecule has 3 aromatic carbocycles. The van der Waals surface area contributed by atoms with Gasteiger partial charge in [0.25, 0.3) is 0 Å². The zero-order valence-electron chi connectivity index (χ0n) is 19.6. The molecule has 5 N–H and O–H groups in total. The Kier molecular flexibility index (Phi) is 12.4. The molecule has 3 rings (SSSR count). The number of carboxylic acids is 1. The minimum Gasteiger partial charge on any atom is -0.492 e. The van der Waals surface area contributed by atoms with Crippen LogP contribution in [-0.4, -0.2) is 42.0 Å². The average molecular weight is 523 g/mol. The molecular weight excluding hydrogens is 491 g/mol. The summed E-state index contributed by atoms with van der Waals surface area (Å²) in [6.07, 6.45) is -0.739. The number of halogens is 2. The number of rotatable bonds is 11. The Bertz CT molecular complexity index is 1060. The zero-order chi connectivity index (χ0) is 23.8. The summed E-state index contributed by atoms with van der Waals surface area (Å²) in [5.41, 5.74) is 9.07. The highest BCUT2D eigenvalue weighted by Crippen LogP contribution is 2.29. The quantitative estimate of drug-likeness (QED) is 0.207. The molecule has 7 nitrogen and oxygen atoms in total. The van der Waals surface area contributed by atoms with Crippen LogP contribution >= 0.6 is 24.8 Å². The number of carboxylic acid groups (broad SMARTS) is 1. The fourth-order valence-corrected chi connectivity index (χ4v) is 3.29. The maximum absolute atomic E-state index is 11.4. The number of hydrogen-bond donors (Lipinski definition) is 4. The summed E-state index contributed by atoms with van der Waals surface area (Å²) >= 11 is 0. The van der Waals surface area contributed by atoms with Crippen molar-refractivity contribution in [3.63, 3.8) is 0 Å². The summed E-state index contributed by atoms with van der Waals surface area (Å²) in [5, 5.41) is 22.7. The molecule has 9 heteroatoms. The minimum absolute atomic E-state index is 0. The van der Waals surface area contributed by atoms with E-state index in [2.05, 4.69) is 5.32 Å². The van der Waals surface area contributed by atoms with Gasteiger partial charge in [-0.3, -0.25) is 0 Å². The van der Waals surface area contributed by atoms with Crippen molar-refractivity contribution in [1.29, 1.82) is 0 Å². The number of hydrogen-bond acceptors (Lipinski definition) is 6. The molecule has 0 saturated heterocycles. The Morgan fingerprint density at radius 3 is 2.20 bits per heavy atom. The number of benzene rings is 3. The first kappa shape index (κ1) is 30.1. The molecule has 0 aliphatic carbocycles. The van der Waals surface area contributed by atoms with E-state index in [0.29, 0.717) is 31.1 Å². The monoisotopic (exact) mass is 522 g/mol. The van der Waals surface area contributed by atoms with Crippen molar-refractivity contribution in [3.8, 4) is 22.6 Å². The van der Waals surface area contributed by atoms with Crippen LogP contribution in [0.25, 0.3) is 11.1 Å². The molecular formula is C26H32Cl2N2O5. The van der Waals surface area contributed by atoms with E-state index in [0.717, 1.165) is 22.4 Å². The van der Waals surface area contributed by atoms with Crippen LogP contribution in [-0.2, 0) is 0 Å². The molecule has 0 unspecified atom stereocenters. The van der Waals surface area contributed by atoms with Crippen LogP contribution in [0.2, 0.25) is 0 Å². The zero-order valence-corrected chi connectivity index (χ0v) is 21.3. The number of nitrogens with one attached hydrogen (secondary N) is 1. The third kappa shape index (κ3) is 8.96. The fourth-order valence-electron chi connectivity index (χ4n) is 3.29. The first-order chi connectivity index (χ1) is 15.8. The molecule has 190 valence electrons. The van der Waals surface area contributed by atoms with Gasteiger partial charge >= 0.3 is 5.97 Å². The summed E-state index contributed by atoms with van der Waals surface area (Å²) in [5.74, 6) is 0.0542. The highest BCUT2D eigenvalue weighted by atomic mass is 35.5. The number of nitrogen functional groups attached to an aromatic ring is 1. The van der Waals surface area contributed by atoms with E-state index in [-0.39, 0.29) is 36.5 Å². The lowest BCUT2D eigenvalue weighted by atomic mass is 10.0. The number of aliphatic hydroxyl groups excluding tert-OH is 1.